The topological polar surface area (TPSA) is 76.4 Å². The van der Waals surface area contributed by atoms with Gasteiger partial charge in [-0.2, -0.15) is 13.2 Å². The van der Waals surface area contributed by atoms with E-state index in [1.54, 1.807) is 24.3 Å². The summed E-state index contributed by atoms with van der Waals surface area (Å²) in [5, 5.41) is 5.50. The summed E-state index contributed by atoms with van der Waals surface area (Å²) in [6.45, 7) is 0.664. The van der Waals surface area contributed by atoms with Crippen LogP contribution in [0.25, 0.3) is 0 Å². The lowest BCUT2D eigenvalue weighted by Gasteiger charge is -2.35. The van der Waals surface area contributed by atoms with Crippen LogP contribution in [-0.2, 0) is 22.3 Å². The van der Waals surface area contributed by atoms with Gasteiger partial charge in [0.15, 0.2) is 0 Å². The fourth-order valence-electron chi connectivity index (χ4n) is 2.51. The molecule has 3 rings (SSSR count). The molecular formula is C18H18F3N3O2. The molecule has 1 heterocycles. The number of halogens is 3. The van der Waals surface area contributed by atoms with Crippen LogP contribution in [0.1, 0.15) is 11.1 Å². The maximum absolute atomic E-state index is 13.0. The molecular weight excluding hydrogens is 347 g/mol. The summed E-state index contributed by atoms with van der Waals surface area (Å²) in [7, 11) is 0. The van der Waals surface area contributed by atoms with Crippen LogP contribution in [0.3, 0.4) is 0 Å². The quantitative estimate of drug-likeness (QED) is 0.762. The van der Waals surface area contributed by atoms with E-state index in [0.717, 1.165) is 11.6 Å². The molecule has 0 saturated carbocycles. The van der Waals surface area contributed by atoms with Crippen LogP contribution < -0.4 is 16.4 Å². The highest BCUT2D eigenvalue weighted by Gasteiger charge is 2.41. The maximum Gasteiger partial charge on any atom is 0.418 e. The molecule has 0 radical (unpaired) electrons. The molecule has 0 atom stereocenters. The Kier molecular flexibility index (Phi) is 4.88. The van der Waals surface area contributed by atoms with Crippen molar-refractivity contribution in [1.82, 2.24) is 5.32 Å². The first-order valence-electron chi connectivity index (χ1n) is 7.95. The van der Waals surface area contributed by atoms with Gasteiger partial charge < -0.3 is 21.1 Å². The van der Waals surface area contributed by atoms with E-state index >= 15 is 0 Å². The van der Waals surface area contributed by atoms with Crippen LogP contribution in [-0.4, -0.2) is 24.7 Å². The molecule has 0 aliphatic carbocycles. The van der Waals surface area contributed by atoms with Crippen LogP contribution in [0.15, 0.2) is 48.5 Å². The van der Waals surface area contributed by atoms with E-state index in [1.807, 2.05) is 0 Å². The standard InChI is InChI=1S/C18H18F3N3O2/c19-18(20,21)14-3-1-2-4-15(14)24-13-7-5-12(6-8-13)9-23-16(25)17(22)10-26-11-17/h1-8,24H,9-11,22H2,(H,23,25). The van der Waals surface area contributed by atoms with Crippen LogP contribution in [0.2, 0.25) is 0 Å². The van der Waals surface area contributed by atoms with Crippen molar-refractivity contribution in [3.8, 4) is 0 Å². The first-order valence-corrected chi connectivity index (χ1v) is 7.95. The van der Waals surface area contributed by atoms with Crippen LogP contribution in [0.5, 0.6) is 0 Å². The van der Waals surface area contributed by atoms with Gasteiger partial charge >= 0.3 is 6.18 Å². The number of hydrogen-bond donors (Lipinski definition) is 3. The van der Waals surface area contributed by atoms with Gasteiger partial charge in [0.05, 0.1) is 24.5 Å². The van der Waals surface area contributed by atoms with Gasteiger partial charge in [-0.3, -0.25) is 4.79 Å². The fourth-order valence-corrected chi connectivity index (χ4v) is 2.51. The zero-order valence-corrected chi connectivity index (χ0v) is 13.8. The lowest BCUT2D eigenvalue weighted by molar-refractivity contribution is -0.143. The SMILES string of the molecule is NC1(C(=O)NCc2ccc(Nc3ccccc3C(F)(F)F)cc2)COC1. The zero-order chi connectivity index (χ0) is 18.8. The van der Waals surface area contributed by atoms with Crippen molar-refractivity contribution in [2.75, 3.05) is 18.5 Å². The Morgan fingerprint density at radius 3 is 2.35 bits per heavy atom. The van der Waals surface area contributed by atoms with Crippen molar-refractivity contribution in [3.63, 3.8) is 0 Å². The second kappa shape index (κ2) is 6.97. The first kappa shape index (κ1) is 18.2. The number of anilines is 2. The Labute approximate surface area is 148 Å². The van der Waals surface area contributed by atoms with E-state index in [2.05, 4.69) is 10.6 Å². The number of alkyl halides is 3. The van der Waals surface area contributed by atoms with Crippen molar-refractivity contribution in [1.29, 1.82) is 0 Å². The Bertz CT molecular complexity index is 787. The Hall–Kier alpha value is -2.58. The molecule has 0 bridgehead atoms. The van der Waals surface area contributed by atoms with E-state index in [4.69, 9.17) is 10.5 Å². The molecule has 2 aromatic rings. The zero-order valence-electron chi connectivity index (χ0n) is 13.8. The lowest BCUT2D eigenvalue weighted by Crippen LogP contribution is -2.66. The Balaban J connectivity index is 1.63. The van der Waals surface area contributed by atoms with E-state index < -0.39 is 17.3 Å². The van der Waals surface area contributed by atoms with E-state index in [0.29, 0.717) is 5.69 Å². The van der Waals surface area contributed by atoms with Crippen molar-refractivity contribution in [2.24, 2.45) is 5.73 Å². The third kappa shape index (κ3) is 3.97. The monoisotopic (exact) mass is 365 g/mol. The number of hydrogen-bond acceptors (Lipinski definition) is 4. The third-order valence-electron chi connectivity index (χ3n) is 4.09. The van der Waals surface area contributed by atoms with E-state index in [1.165, 1.54) is 18.2 Å². The Morgan fingerprint density at radius 2 is 1.77 bits per heavy atom. The molecule has 1 amide bonds. The molecule has 5 nitrogen and oxygen atoms in total. The highest BCUT2D eigenvalue weighted by Crippen LogP contribution is 2.35. The molecule has 1 aliphatic rings. The number of carbonyl (C=O) groups is 1. The van der Waals surface area contributed by atoms with Crippen molar-refractivity contribution in [2.45, 2.75) is 18.3 Å². The summed E-state index contributed by atoms with van der Waals surface area (Å²) in [6, 6.07) is 12.0. The number of para-hydroxylation sites is 1. The smallest absolute Gasteiger partial charge is 0.376 e. The van der Waals surface area contributed by atoms with Gasteiger partial charge in [0, 0.05) is 12.2 Å². The molecule has 2 aromatic carbocycles. The number of amides is 1. The predicted octanol–water partition coefficient (Wildman–Crippen LogP) is 2.79. The van der Waals surface area contributed by atoms with Gasteiger partial charge in [0.2, 0.25) is 5.91 Å². The highest BCUT2D eigenvalue weighted by atomic mass is 19.4. The number of benzene rings is 2. The second-order valence-corrected chi connectivity index (χ2v) is 6.20. The van der Waals surface area contributed by atoms with Gasteiger partial charge in [-0.1, -0.05) is 24.3 Å². The Morgan fingerprint density at radius 1 is 1.12 bits per heavy atom. The summed E-state index contributed by atoms with van der Waals surface area (Å²) >= 11 is 0. The maximum atomic E-state index is 13.0. The number of carbonyl (C=O) groups excluding carboxylic acids is 1. The summed E-state index contributed by atoms with van der Waals surface area (Å²) in [5.74, 6) is -0.287. The molecule has 0 unspecified atom stereocenters. The largest absolute Gasteiger partial charge is 0.418 e. The first-order chi connectivity index (χ1) is 12.3. The molecule has 26 heavy (non-hydrogen) atoms. The van der Waals surface area contributed by atoms with Gasteiger partial charge in [-0.25, -0.2) is 0 Å². The molecule has 0 aromatic heterocycles. The van der Waals surface area contributed by atoms with Crippen molar-refractivity contribution >= 4 is 17.3 Å². The molecule has 138 valence electrons. The number of ether oxygens (including phenoxy) is 1. The summed E-state index contributed by atoms with van der Waals surface area (Å²) in [6.07, 6.45) is -4.43. The van der Waals surface area contributed by atoms with Crippen LogP contribution >= 0.6 is 0 Å². The van der Waals surface area contributed by atoms with Gasteiger partial charge in [0.1, 0.15) is 5.54 Å². The normalized spacial score (nSPS) is 15.8. The average Bonchev–Trinajstić information content (AvgIpc) is 2.58. The van der Waals surface area contributed by atoms with Gasteiger partial charge in [-0.15, -0.1) is 0 Å². The summed E-state index contributed by atoms with van der Waals surface area (Å²) in [5.41, 5.74) is 5.43. The minimum absolute atomic E-state index is 0.0175. The molecule has 8 heteroatoms. The average molecular weight is 365 g/mol. The molecule has 1 saturated heterocycles. The second-order valence-electron chi connectivity index (χ2n) is 6.20. The molecule has 0 spiro atoms. The van der Waals surface area contributed by atoms with Crippen LogP contribution in [0, 0.1) is 0 Å². The van der Waals surface area contributed by atoms with Crippen molar-refractivity contribution < 1.29 is 22.7 Å². The summed E-state index contributed by atoms with van der Waals surface area (Å²) in [4.78, 5) is 11.9. The fraction of sp³-hybridized carbons (Fsp3) is 0.278. The van der Waals surface area contributed by atoms with Gasteiger partial charge in [-0.05, 0) is 29.8 Å². The van der Waals surface area contributed by atoms with Gasteiger partial charge in [0.25, 0.3) is 0 Å². The predicted molar refractivity (Wildman–Crippen MR) is 90.8 cm³/mol. The van der Waals surface area contributed by atoms with Crippen LogP contribution in [0.4, 0.5) is 24.5 Å². The van der Waals surface area contributed by atoms with Crippen molar-refractivity contribution in [3.05, 3.63) is 59.7 Å². The van der Waals surface area contributed by atoms with E-state index in [9.17, 15) is 18.0 Å². The molecule has 4 N–H and O–H groups in total. The van der Waals surface area contributed by atoms with E-state index in [-0.39, 0.29) is 31.4 Å². The molecule has 1 fully saturated rings. The third-order valence-corrected chi connectivity index (χ3v) is 4.09. The number of nitrogens with one attached hydrogen (secondary N) is 2. The number of nitrogens with two attached hydrogens (primary N) is 1. The molecule has 1 aliphatic heterocycles. The minimum atomic E-state index is -4.43. The lowest BCUT2D eigenvalue weighted by atomic mass is 9.98. The minimum Gasteiger partial charge on any atom is -0.376 e. The summed E-state index contributed by atoms with van der Waals surface area (Å²) < 4.78 is 44.0. The highest BCUT2D eigenvalue weighted by molar-refractivity contribution is 5.87. The number of rotatable bonds is 5.